The smallest absolute Gasteiger partial charge is 0.305 e. The molecule has 0 unspecified atom stereocenters. The molecule has 1 aliphatic carbocycles. The number of para-hydroxylation sites is 1. The molecule has 2 aromatic carbocycles. The van der Waals surface area contributed by atoms with Crippen LogP contribution >= 0.6 is 0 Å². The Kier molecular flexibility index (Phi) is 6.45. The van der Waals surface area contributed by atoms with Crippen LogP contribution in [0, 0.1) is 10.4 Å². The molecule has 0 saturated heterocycles. The Labute approximate surface area is 218 Å². The molecule has 1 atom stereocenters. The monoisotopic (exact) mass is 533 g/mol. The first-order valence-electron chi connectivity index (χ1n) is 11.6. The predicted molar refractivity (Wildman–Crippen MR) is 128 cm³/mol. The van der Waals surface area contributed by atoms with E-state index < -0.39 is 30.2 Å². The van der Waals surface area contributed by atoms with E-state index in [1.807, 2.05) is 0 Å². The number of benzene rings is 2. The van der Waals surface area contributed by atoms with Gasteiger partial charge in [0.25, 0.3) is 11.8 Å². The zero-order chi connectivity index (χ0) is 27.7. The topological polar surface area (TPSA) is 210 Å². The number of nitrogens with one attached hydrogen (secondary N) is 2. The number of aliphatic carboxylic acids is 1. The Morgan fingerprint density at radius 1 is 1.08 bits per heavy atom. The van der Waals surface area contributed by atoms with Gasteiger partial charge < -0.3 is 30.9 Å². The molecule has 0 bridgehead atoms. The number of carbonyl (C=O) groups excluding carboxylic acids is 3. The molecule has 0 radical (unpaired) electrons. The van der Waals surface area contributed by atoms with E-state index in [0.717, 1.165) is 4.80 Å². The number of amides is 2. The first-order valence-corrected chi connectivity index (χ1v) is 11.6. The van der Waals surface area contributed by atoms with Crippen LogP contribution in [0.25, 0.3) is 17.1 Å². The van der Waals surface area contributed by atoms with E-state index in [1.54, 1.807) is 12.1 Å². The van der Waals surface area contributed by atoms with Crippen molar-refractivity contribution in [3.63, 3.8) is 0 Å². The molecule has 0 fully saturated rings. The lowest BCUT2D eigenvalue weighted by atomic mass is 10.0. The molecule has 5 rings (SSSR count). The van der Waals surface area contributed by atoms with Crippen molar-refractivity contribution in [1.29, 1.82) is 0 Å². The van der Waals surface area contributed by atoms with Crippen molar-refractivity contribution in [2.24, 2.45) is 0 Å². The van der Waals surface area contributed by atoms with E-state index in [9.17, 15) is 29.6 Å². The number of fused-ring (bicyclic) bond motifs is 3. The van der Waals surface area contributed by atoms with Crippen LogP contribution in [0.4, 0.5) is 5.69 Å². The minimum Gasteiger partial charge on any atom is -0.692 e. The number of hydrogen-bond acceptors (Lipinski definition) is 9. The lowest BCUT2D eigenvalue weighted by Crippen LogP contribution is -2.42. The molecule has 2 amide bonds. The minimum atomic E-state index is -1.25. The van der Waals surface area contributed by atoms with E-state index in [4.69, 9.17) is 5.11 Å². The van der Waals surface area contributed by atoms with Crippen LogP contribution in [-0.2, 0) is 22.4 Å². The number of aromatic nitrogens is 5. The lowest BCUT2D eigenvalue weighted by Gasteiger charge is -2.13. The van der Waals surface area contributed by atoms with Crippen LogP contribution in [0.5, 0.6) is 0 Å². The molecular weight excluding hydrogens is 514 g/mol. The minimum absolute atomic E-state index is 0.0782. The molecule has 1 aliphatic rings. The number of carboxylic acids is 1. The molecule has 0 aliphatic heterocycles. The SMILES string of the molecule is O=C[C@H](CC(=O)O)NC(=O)c1cccc(NC(=O)c2ccccc2-n2nc3c([n+]2[O-])CCc2c-3no[n+]2[O-])c1. The summed E-state index contributed by atoms with van der Waals surface area (Å²) in [6.45, 7) is 0. The fourth-order valence-corrected chi connectivity index (χ4v) is 4.19. The van der Waals surface area contributed by atoms with Crippen LogP contribution < -0.4 is 20.4 Å². The highest BCUT2D eigenvalue weighted by molar-refractivity contribution is 6.07. The molecule has 198 valence electrons. The maximum Gasteiger partial charge on any atom is 0.305 e. The molecule has 3 N–H and O–H groups in total. The van der Waals surface area contributed by atoms with Gasteiger partial charge >= 0.3 is 17.4 Å². The maximum atomic E-state index is 13.2. The summed E-state index contributed by atoms with van der Waals surface area (Å²) in [6.07, 6.45) is 0.203. The van der Waals surface area contributed by atoms with Gasteiger partial charge in [0.15, 0.2) is 5.69 Å². The Hall–Kier alpha value is -5.60. The van der Waals surface area contributed by atoms with E-state index in [-0.39, 0.29) is 63.0 Å². The number of hydrogen-bond donors (Lipinski definition) is 3. The number of carbonyl (C=O) groups is 4. The average molecular weight is 533 g/mol. The lowest BCUT2D eigenvalue weighted by molar-refractivity contribution is -0.808. The van der Waals surface area contributed by atoms with Gasteiger partial charge in [-0.25, -0.2) is 0 Å². The van der Waals surface area contributed by atoms with Gasteiger partial charge in [0.1, 0.15) is 12.0 Å². The van der Waals surface area contributed by atoms with Crippen molar-refractivity contribution < 1.29 is 38.7 Å². The zero-order valence-corrected chi connectivity index (χ0v) is 19.9. The molecule has 4 aromatic rings. The molecule has 2 aromatic heterocycles. The normalized spacial score (nSPS) is 12.6. The van der Waals surface area contributed by atoms with Gasteiger partial charge in [0, 0.05) is 24.1 Å². The standard InChI is InChI=1S/C24H19N7O8/c32-12-15(11-20(33)34)26-23(35)13-4-3-5-14(10-13)25-24(36)16-6-1-2-7-17(16)29-27-21-18(30(29)37)8-9-19-22(21)28-39-31(19)38/h1-7,10,12,15H,8-9,11H2,(H,25,36)(H,26,35)(H,33,34)/t15-/m0/s1. The first-order chi connectivity index (χ1) is 18.8. The second-order valence-electron chi connectivity index (χ2n) is 8.55. The second kappa shape index (κ2) is 10.0. The molecule has 2 heterocycles. The molecule has 0 spiro atoms. The van der Waals surface area contributed by atoms with Crippen molar-refractivity contribution in [2.45, 2.75) is 25.3 Å². The highest BCUT2D eigenvalue weighted by Gasteiger charge is 2.39. The maximum absolute atomic E-state index is 13.2. The third-order valence-electron chi connectivity index (χ3n) is 6.02. The van der Waals surface area contributed by atoms with Gasteiger partial charge in [-0.15, -0.1) is 4.85 Å². The van der Waals surface area contributed by atoms with Crippen LogP contribution in [0.2, 0.25) is 0 Å². The molecule has 15 nitrogen and oxygen atoms in total. The van der Waals surface area contributed by atoms with Crippen molar-refractivity contribution >= 4 is 29.8 Å². The van der Waals surface area contributed by atoms with Gasteiger partial charge in [-0.1, -0.05) is 18.2 Å². The number of rotatable bonds is 8. The quantitative estimate of drug-likeness (QED) is 0.156. The average Bonchev–Trinajstić information content (AvgIpc) is 3.47. The largest absolute Gasteiger partial charge is 0.692 e. The summed E-state index contributed by atoms with van der Waals surface area (Å²) < 4.78 is 4.64. The van der Waals surface area contributed by atoms with Crippen LogP contribution in [0.15, 0.2) is 53.2 Å². The van der Waals surface area contributed by atoms with Gasteiger partial charge in [-0.05, 0) is 40.0 Å². The van der Waals surface area contributed by atoms with Crippen molar-refractivity contribution in [3.05, 3.63) is 81.5 Å². The second-order valence-corrected chi connectivity index (χ2v) is 8.55. The Bertz CT molecular complexity index is 1630. The highest BCUT2D eigenvalue weighted by Crippen LogP contribution is 2.28. The molecule has 39 heavy (non-hydrogen) atoms. The summed E-state index contributed by atoms with van der Waals surface area (Å²) in [5.41, 5.74) is 1.39. The number of carboxylic acid groups (broad SMARTS) is 1. The molecular formula is C24H19N7O8. The van der Waals surface area contributed by atoms with Crippen molar-refractivity contribution in [2.75, 3.05) is 5.32 Å². The Morgan fingerprint density at radius 3 is 2.62 bits per heavy atom. The summed E-state index contributed by atoms with van der Waals surface area (Å²) in [5.74, 6) is -2.57. The molecule has 0 saturated carbocycles. The Morgan fingerprint density at radius 2 is 1.85 bits per heavy atom. The van der Waals surface area contributed by atoms with E-state index >= 15 is 0 Å². The number of anilines is 1. The number of aldehydes is 1. The van der Waals surface area contributed by atoms with E-state index in [2.05, 4.69) is 25.5 Å². The van der Waals surface area contributed by atoms with Gasteiger partial charge in [0.05, 0.1) is 28.3 Å². The van der Waals surface area contributed by atoms with E-state index in [1.165, 1.54) is 36.4 Å². The number of nitrogens with zero attached hydrogens (tertiary/aromatic N) is 5. The summed E-state index contributed by atoms with van der Waals surface area (Å²) in [7, 11) is 0. The van der Waals surface area contributed by atoms with Crippen LogP contribution in [0.1, 0.15) is 38.5 Å². The summed E-state index contributed by atoms with van der Waals surface area (Å²) in [6, 6.07) is 10.8. The first kappa shape index (κ1) is 25.1. The van der Waals surface area contributed by atoms with Gasteiger partial charge in [-0.2, -0.15) is 0 Å². The summed E-state index contributed by atoms with van der Waals surface area (Å²) in [5, 5.41) is 46.7. The zero-order valence-electron chi connectivity index (χ0n) is 19.9. The highest BCUT2D eigenvalue weighted by atomic mass is 16.8. The Balaban J connectivity index is 1.40. The predicted octanol–water partition coefficient (Wildman–Crippen LogP) is -0.0830. The molecule has 15 heteroatoms. The van der Waals surface area contributed by atoms with Gasteiger partial charge in [0.2, 0.25) is 5.69 Å². The summed E-state index contributed by atoms with van der Waals surface area (Å²) >= 11 is 0. The van der Waals surface area contributed by atoms with E-state index in [0.29, 0.717) is 11.1 Å². The summed E-state index contributed by atoms with van der Waals surface area (Å²) in [4.78, 5) is 49.5. The van der Waals surface area contributed by atoms with Crippen LogP contribution in [-0.4, -0.2) is 50.3 Å². The van der Waals surface area contributed by atoms with Crippen molar-refractivity contribution in [1.82, 2.24) is 20.4 Å². The van der Waals surface area contributed by atoms with Gasteiger partial charge in [-0.3, -0.25) is 19.0 Å². The van der Waals surface area contributed by atoms with Crippen LogP contribution in [0.3, 0.4) is 0 Å². The third-order valence-corrected chi connectivity index (χ3v) is 6.02. The fourth-order valence-electron chi connectivity index (χ4n) is 4.19. The fraction of sp³-hybridized carbons (Fsp3) is 0.167. The van der Waals surface area contributed by atoms with Crippen molar-refractivity contribution in [3.8, 4) is 17.1 Å². The third kappa shape index (κ3) is 4.75.